The predicted molar refractivity (Wildman–Crippen MR) is 130 cm³/mol. The number of rotatable bonds is 7. The van der Waals surface area contributed by atoms with E-state index < -0.39 is 10.0 Å². The van der Waals surface area contributed by atoms with Crippen LogP contribution in [0.25, 0.3) is 0 Å². The summed E-state index contributed by atoms with van der Waals surface area (Å²) in [6.45, 7) is 14.8. The highest BCUT2D eigenvalue weighted by Crippen LogP contribution is 2.23. The summed E-state index contributed by atoms with van der Waals surface area (Å²) in [5.41, 5.74) is 2.15. The van der Waals surface area contributed by atoms with Crippen LogP contribution in [0.5, 0.6) is 0 Å². The van der Waals surface area contributed by atoms with Crippen LogP contribution in [0.4, 0.5) is 5.82 Å². The molecular weight excluding hydrogens is 438 g/mol. The fourth-order valence-electron chi connectivity index (χ4n) is 4.01. The number of hydrogen-bond acceptors (Lipinski definition) is 6. The van der Waals surface area contributed by atoms with E-state index in [-0.39, 0.29) is 16.7 Å². The van der Waals surface area contributed by atoms with Gasteiger partial charge in [0.1, 0.15) is 11.6 Å². The zero-order chi connectivity index (χ0) is 24.3. The Bertz CT molecular complexity index is 1110. The van der Waals surface area contributed by atoms with Gasteiger partial charge < -0.3 is 9.80 Å². The van der Waals surface area contributed by atoms with Crippen LogP contribution >= 0.6 is 0 Å². The Morgan fingerprint density at radius 1 is 1.03 bits per heavy atom. The summed E-state index contributed by atoms with van der Waals surface area (Å²) >= 11 is 0. The number of aryl methyl sites for hydroxylation is 2. The second-order valence-electron chi connectivity index (χ2n) is 8.73. The van der Waals surface area contributed by atoms with E-state index in [9.17, 15) is 13.2 Å². The van der Waals surface area contributed by atoms with E-state index >= 15 is 0 Å². The van der Waals surface area contributed by atoms with Gasteiger partial charge in [0.05, 0.1) is 4.90 Å². The monoisotopic (exact) mass is 473 g/mol. The summed E-state index contributed by atoms with van der Waals surface area (Å²) in [7, 11) is -3.62. The standard InChI is InChI=1S/C24H35N5O3S/c1-7-29(8-2)33(31,32)20-10-9-18(5)21(16-20)24(30)28-13-11-27(12-14-28)22-15-19(6)25-23(26-22)17(3)4/h9-10,15-17H,7-8,11-14H2,1-6H3. The third-order valence-electron chi connectivity index (χ3n) is 6.05. The first kappa shape index (κ1) is 25.1. The Morgan fingerprint density at radius 3 is 2.24 bits per heavy atom. The molecule has 0 N–H and O–H groups in total. The lowest BCUT2D eigenvalue weighted by Gasteiger charge is -2.36. The van der Waals surface area contributed by atoms with E-state index in [0.29, 0.717) is 44.8 Å². The maximum Gasteiger partial charge on any atom is 0.254 e. The Hall–Kier alpha value is -2.52. The maximum absolute atomic E-state index is 13.3. The summed E-state index contributed by atoms with van der Waals surface area (Å²) in [6.07, 6.45) is 0. The van der Waals surface area contributed by atoms with Crippen molar-refractivity contribution in [2.75, 3.05) is 44.2 Å². The van der Waals surface area contributed by atoms with Crippen molar-refractivity contribution in [3.8, 4) is 0 Å². The van der Waals surface area contributed by atoms with Crippen LogP contribution in [0.3, 0.4) is 0 Å². The number of hydrogen-bond donors (Lipinski definition) is 0. The van der Waals surface area contributed by atoms with E-state index in [4.69, 9.17) is 4.98 Å². The van der Waals surface area contributed by atoms with E-state index in [2.05, 4.69) is 23.7 Å². The molecule has 1 amide bonds. The molecule has 0 aliphatic carbocycles. The van der Waals surface area contributed by atoms with Gasteiger partial charge in [-0.05, 0) is 31.5 Å². The van der Waals surface area contributed by atoms with Gasteiger partial charge >= 0.3 is 0 Å². The Balaban J connectivity index is 1.78. The summed E-state index contributed by atoms with van der Waals surface area (Å²) in [6, 6.07) is 6.81. The molecule has 3 rings (SSSR count). The van der Waals surface area contributed by atoms with Crippen LogP contribution in [0.15, 0.2) is 29.2 Å². The summed E-state index contributed by atoms with van der Waals surface area (Å²) in [5.74, 6) is 1.83. The number of benzene rings is 1. The van der Waals surface area contributed by atoms with Gasteiger partial charge in [0.25, 0.3) is 5.91 Å². The number of anilines is 1. The first-order valence-electron chi connectivity index (χ1n) is 11.6. The molecule has 1 saturated heterocycles. The van der Waals surface area contributed by atoms with E-state index in [1.54, 1.807) is 17.0 Å². The molecule has 1 fully saturated rings. The Labute approximate surface area is 197 Å². The lowest BCUT2D eigenvalue weighted by molar-refractivity contribution is 0.0745. The molecular formula is C24H35N5O3S. The molecule has 1 aromatic carbocycles. The predicted octanol–water partition coefficient (Wildman–Crippen LogP) is 3.21. The van der Waals surface area contributed by atoms with Gasteiger partial charge in [-0.25, -0.2) is 18.4 Å². The van der Waals surface area contributed by atoms with Crippen LogP contribution in [0, 0.1) is 13.8 Å². The maximum atomic E-state index is 13.3. The molecule has 8 nitrogen and oxygen atoms in total. The molecule has 2 heterocycles. The number of carbonyl (C=O) groups excluding carboxylic acids is 1. The molecule has 180 valence electrons. The lowest BCUT2D eigenvalue weighted by atomic mass is 10.1. The van der Waals surface area contributed by atoms with E-state index in [1.807, 2.05) is 33.8 Å². The zero-order valence-electron chi connectivity index (χ0n) is 20.5. The number of amides is 1. The largest absolute Gasteiger partial charge is 0.353 e. The van der Waals surface area contributed by atoms with E-state index in [1.165, 1.54) is 10.4 Å². The zero-order valence-corrected chi connectivity index (χ0v) is 21.3. The van der Waals surface area contributed by atoms with Crippen LogP contribution in [-0.2, 0) is 10.0 Å². The first-order chi connectivity index (χ1) is 15.6. The minimum absolute atomic E-state index is 0.134. The molecule has 0 bridgehead atoms. The fraction of sp³-hybridized carbons (Fsp3) is 0.542. The van der Waals surface area contributed by atoms with Crippen LogP contribution in [-0.4, -0.2) is 72.8 Å². The summed E-state index contributed by atoms with van der Waals surface area (Å²) in [4.78, 5) is 26.7. The second-order valence-corrected chi connectivity index (χ2v) is 10.7. The number of piperazine rings is 1. The van der Waals surface area contributed by atoms with Gasteiger partial charge in [0.2, 0.25) is 10.0 Å². The van der Waals surface area contributed by atoms with Crippen molar-refractivity contribution in [1.29, 1.82) is 0 Å². The molecule has 0 atom stereocenters. The van der Waals surface area contributed by atoms with Crippen molar-refractivity contribution in [1.82, 2.24) is 19.2 Å². The highest BCUT2D eigenvalue weighted by molar-refractivity contribution is 7.89. The highest BCUT2D eigenvalue weighted by Gasteiger charge is 2.27. The van der Waals surface area contributed by atoms with Crippen molar-refractivity contribution >= 4 is 21.7 Å². The molecule has 0 radical (unpaired) electrons. The summed E-state index contributed by atoms with van der Waals surface area (Å²) in [5, 5.41) is 0. The van der Waals surface area contributed by atoms with Crippen molar-refractivity contribution in [3.05, 3.63) is 46.9 Å². The molecule has 9 heteroatoms. The van der Waals surface area contributed by atoms with Gasteiger partial charge in [-0.3, -0.25) is 4.79 Å². The molecule has 0 saturated carbocycles. The number of aromatic nitrogens is 2. The molecule has 33 heavy (non-hydrogen) atoms. The fourth-order valence-corrected chi connectivity index (χ4v) is 5.49. The van der Waals surface area contributed by atoms with Crippen molar-refractivity contribution < 1.29 is 13.2 Å². The van der Waals surface area contributed by atoms with Gasteiger partial charge in [0, 0.05) is 62.5 Å². The Kier molecular flexibility index (Phi) is 7.74. The average Bonchev–Trinajstić information content (AvgIpc) is 2.79. The topological polar surface area (TPSA) is 86.7 Å². The second kappa shape index (κ2) is 10.2. The lowest BCUT2D eigenvalue weighted by Crippen LogP contribution is -2.49. The molecule has 0 unspecified atom stereocenters. The smallest absolute Gasteiger partial charge is 0.254 e. The van der Waals surface area contributed by atoms with Gasteiger partial charge in [-0.15, -0.1) is 0 Å². The number of nitrogens with zero attached hydrogens (tertiary/aromatic N) is 5. The van der Waals surface area contributed by atoms with E-state index in [0.717, 1.165) is 22.9 Å². The molecule has 1 aromatic heterocycles. The summed E-state index contributed by atoms with van der Waals surface area (Å²) < 4.78 is 27.3. The minimum Gasteiger partial charge on any atom is -0.353 e. The minimum atomic E-state index is -3.62. The molecule has 1 aliphatic heterocycles. The van der Waals surface area contributed by atoms with Gasteiger partial charge in [0.15, 0.2) is 0 Å². The van der Waals surface area contributed by atoms with Crippen molar-refractivity contribution in [2.24, 2.45) is 0 Å². The van der Waals surface area contributed by atoms with Crippen LogP contribution in [0.2, 0.25) is 0 Å². The molecule has 0 spiro atoms. The number of sulfonamides is 1. The normalized spacial score (nSPS) is 14.9. The highest BCUT2D eigenvalue weighted by atomic mass is 32.2. The quantitative estimate of drug-likeness (QED) is 0.614. The average molecular weight is 474 g/mol. The molecule has 2 aromatic rings. The van der Waals surface area contributed by atoms with Gasteiger partial charge in [-0.1, -0.05) is 33.8 Å². The SMILES string of the molecule is CCN(CC)S(=O)(=O)c1ccc(C)c(C(=O)N2CCN(c3cc(C)nc(C(C)C)n3)CC2)c1. The molecule has 1 aliphatic rings. The van der Waals surface area contributed by atoms with Crippen molar-refractivity contribution in [2.45, 2.75) is 52.4 Å². The Morgan fingerprint density at radius 2 is 1.67 bits per heavy atom. The van der Waals surface area contributed by atoms with Crippen LogP contribution in [0.1, 0.15) is 61.1 Å². The van der Waals surface area contributed by atoms with Crippen molar-refractivity contribution in [3.63, 3.8) is 0 Å². The van der Waals surface area contributed by atoms with Gasteiger partial charge in [-0.2, -0.15) is 4.31 Å². The third-order valence-corrected chi connectivity index (χ3v) is 8.09. The number of carbonyl (C=O) groups is 1. The van der Waals surface area contributed by atoms with Crippen LogP contribution < -0.4 is 4.90 Å². The first-order valence-corrected chi connectivity index (χ1v) is 13.0. The third kappa shape index (κ3) is 5.35.